The third-order valence-corrected chi connectivity index (χ3v) is 2.07. The molecule has 0 aliphatic heterocycles. The third-order valence-electron chi connectivity index (χ3n) is 2.07. The lowest BCUT2D eigenvalue weighted by atomic mass is 10.4. The molecule has 2 aromatic rings. The Labute approximate surface area is 104 Å². The molecule has 18 heavy (non-hydrogen) atoms. The molecular formula is C12H11N5O. The fourth-order valence-electron chi connectivity index (χ4n) is 1.29. The summed E-state index contributed by atoms with van der Waals surface area (Å²) in [6, 6.07) is 5.51. The molecule has 1 N–H and O–H groups in total. The van der Waals surface area contributed by atoms with Crippen LogP contribution in [-0.2, 0) is 0 Å². The van der Waals surface area contributed by atoms with Gasteiger partial charge in [-0.3, -0.25) is 0 Å². The molecule has 0 unspecified atom stereocenters. The summed E-state index contributed by atoms with van der Waals surface area (Å²) in [6.45, 7) is 2.49. The highest BCUT2D eigenvalue weighted by molar-refractivity contribution is 5.54. The Bertz CT molecular complexity index is 544. The molecule has 0 spiro atoms. The molecule has 90 valence electrons. The van der Waals surface area contributed by atoms with Crippen LogP contribution in [-0.4, -0.2) is 21.6 Å². The van der Waals surface area contributed by atoms with Crippen molar-refractivity contribution in [3.63, 3.8) is 0 Å². The van der Waals surface area contributed by atoms with E-state index in [9.17, 15) is 0 Å². The van der Waals surface area contributed by atoms with Gasteiger partial charge in [-0.15, -0.1) is 0 Å². The van der Waals surface area contributed by atoms with Crippen LogP contribution < -0.4 is 10.1 Å². The van der Waals surface area contributed by atoms with Crippen molar-refractivity contribution in [3.05, 3.63) is 36.4 Å². The van der Waals surface area contributed by atoms with Gasteiger partial charge in [-0.05, 0) is 13.0 Å². The minimum Gasteiger partial charge on any atom is -0.478 e. The number of pyridine rings is 1. The van der Waals surface area contributed by atoms with Gasteiger partial charge in [-0.2, -0.15) is 5.26 Å². The molecular weight excluding hydrogens is 230 g/mol. The Hall–Kier alpha value is -2.68. The number of ether oxygens (including phenoxy) is 1. The highest BCUT2D eigenvalue weighted by Gasteiger charge is 1.99. The molecule has 6 nitrogen and oxygen atoms in total. The zero-order valence-corrected chi connectivity index (χ0v) is 9.79. The monoisotopic (exact) mass is 241 g/mol. The highest BCUT2D eigenvalue weighted by Crippen LogP contribution is 2.15. The molecule has 6 heteroatoms. The molecule has 0 atom stereocenters. The summed E-state index contributed by atoms with van der Waals surface area (Å²) < 4.78 is 5.24. The lowest BCUT2D eigenvalue weighted by molar-refractivity contribution is 0.327. The summed E-state index contributed by atoms with van der Waals surface area (Å²) in [7, 11) is 0. The van der Waals surface area contributed by atoms with Crippen molar-refractivity contribution in [2.75, 3.05) is 11.9 Å². The van der Waals surface area contributed by atoms with E-state index in [4.69, 9.17) is 10.00 Å². The summed E-state index contributed by atoms with van der Waals surface area (Å²) >= 11 is 0. The Morgan fingerprint density at radius 1 is 1.22 bits per heavy atom. The highest BCUT2D eigenvalue weighted by atomic mass is 16.5. The van der Waals surface area contributed by atoms with E-state index in [1.165, 1.54) is 12.4 Å². The molecule has 0 amide bonds. The molecule has 0 bridgehead atoms. The number of aromatic nitrogens is 3. The zero-order valence-electron chi connectivity index (χ0n) is 9.79. The lowest BCUT2D eigenvalue weighted by Gasteiger charge is -2.05. The van der Waals surface area contributed by atoms with Gasteiger partial charge in [0.1, 0.15) is 11.9 Å². The van der Waals surface area contributed by atoms with Crippen LogP contribution in [0.1, 0.15) is 12.6 Å². The first-order valence-corrected chi connectivity index (χ1v) is 5.40. The molecule has 0 aliphatic rings. The normalized spacial score (nSPS) is 9.56. The second kappa shape index (κ2) is 5.59. The number of hydrogen-bond acceptors (Lipinski definition) is 6. The van der Waals surface area contributed by atoms with Gasteiger partial charge in [0.25, 0.3) is 0 Å². The molecule has 0 saturated carbocycles. The Kier molecular flexibility index (Phi) is 3.66. The molecule has 0 saturated heterocycles. The Morgan fingerprint density at radius 2 is 2.11 bits per heavy atom. The first-order valence-electron chi connectivity index (χ1n) is 5.40. The molecule has 0 aromatic carbocycles. The third kappa shape index (κ3) is 2.92. The van der Waals surface area contributed by atoms with Crippen molar-refractivity contribution in [2.24, 2.45) is 0 Å². The van der Waals surface area contributed by atoms with E-state index < -0.39 is 0 Å². The Morgan fingerprint density at radius 3 is 2.67 bits per heavy atom. The minimum absolute atomic E-state index is 0.283. The van der Waals surface area contributed by atoms with Gasteiger partial charge in [0.2, 0.25) is 5.88 Å². The van der Waals surface area contributed by atoms with Crippen molar-refractivity contribution in [1.29, 1.82) is 5.26 Å². The maximum atomic E-state index is 8.60. The number of anilines is 2. The van der Waals surface area contributed by atoms with E-state index in [1.54, 1.807) is 12.3 Å². The van der Waals surface area contributed by atoms with Gasteiger partial charge in [-0.1, -0.05) is 0 Å². The van der Waals surface area contributed by atoms with Crippen LogP contribution in [0.15, 0.2) is 30.7 Å². The lowest BCUT2D eigenvalue weighted by Crippen LogP contribution is -1.97. The van der Waals surface area contributed by atoms with Crippen LogP contribution in [0, 0.1) is 11.3 Å². The number of rotatable bonds is 4. The van der Waals surface area contributed by atoms with Gasteiger partial charge in [0, 0.05) is 6.07 Å². The standard InChI is InChI=1S/C12H11N5O/c1-2-18-12-4-3-9(6-16-12)17-11-8-14-10(5-13)7-15-11/h3-4,6-8H,2H2,1H3,(H,15,17). The predicted molar refractivity (Wildman–Crippen MR) is 65.4 cm³/mol. The van der Waals surface area contributed by atoms with E-state index in [1.807, 2.05) is 19.1 Å². The SMILES string of the molecule is CCOc1ccc(Nc2cnc(C#N)cn2)cn1. The first-order chi connectivity index (χ1) is 8.81. The summed E-state index contributed by atoms with van der Waals surface area (Å²) in [5.74, 6) is 1.13. The van der Waals surface area contributed by atoms with Gasteiger partial charge < -0.3 is 10.1 Å². The van der Waals surface area contributed by atoms with Crippen LogP contribution in [0.4, 0.5) is 11.5 Å². The summed E-state index contributed by atoms with van der Waals surface area (Å²) in [5.41, 5.74) is 1.06. The van der Waals surface area contributed by atoms with Crippen LogP contribution in [0.2, 0.25) is 0 Å². The summed E-state index contributed by atoms with van der Waals surface area (Å²) in [6.07, 6.45) is 4.55. The number of nitrogens with one attached hydrogen (secondary N) is 1. The average molecular weight is 241 g/mol. The fraction of sp³-hybridized carbons (Fsp3) is 0.167. The van der Waals surface area contributed by atoms with Crippen molar-refractivity contribution < 1.29 is 4.74 Å². The molecule has 2 rings (SSSR count). The number of nitriles is 1. The second-order valence-corrected chi connectivity index (χ2v) is 3.34. The average Bonchev–Trinajstić information content (AvgIpc) is 2.42. The van der Waals surface area contributed by atoms with Gasteiger partial charge in [0.15, 0.2) is 5.69 Å². The zero-order chi connectivity index (χ0) is 12.8. The quantitative estimate of drug-likeness (QED) is 0.879. The van der Waals surface area contributed by atoms with E-state index >= 15 is 0 Å². The topological polar surface area (TPSA) is 83.7 Å². The molecule has 0 radical (unpaired) electrons. The van der Waals surface area contributed by atoms with Crippen LogP contribution in [0.25, 0.3) is 0 Å². The van der Waals surface area contributed by atoms with Crippen molar-refractivity contribution in [3.8, 4) is 11.9 Å². The molecule has 0 fully saturated rings. The van der Waals surface area contributed by atoms with Crippen molar-refractivity contribution in [1.82, 2.24) is 15.0 Å². The smallest absolute Gasteiger partial charge is 0.213 e. The maximum absolute atomic E-state index is 8.60. The molecule has 0 aliphatic carbocycles. The van der Waals surface area contributed by atoms with Crippen LogP contribution in [0.5, 0.6) is 5.88 Å². The maximum Gasteiger partial charge on any atom is 0.213 e. The summed E-state index contributed by atoms with van der Waals surface area (Å²) in [5, 5.41) is 11.6. The molecule has 2 heterocycles. The summed E-state index contributed by atoms with van der Waals surface area (Å²) in [4.78, 5) is 12.1. The first kappa shape index (κ1) is 11.8. The van der Waals surface area contributed by atoms with Crippen LogP contribution >= 0.6 is 0 Å². The number of hydrogen-bond donors (Lipinski definition) is 1. The van der Waals surface area contributed by atoms with E-state index in [2.05, 4.69) is 20.3 Å². The fourth-order valence-corrected chi connectivity index (χ4v) is 1.29. The molecule has 2 aromatic heterocycles. The van der Waals surface area contributed by atoms with Crippen molar-refractivity contribution >= 4 is 11.5 Å². The minimum atomic E-state index is 0.283. The predicted octanol–water partition coefficient (Wildman–Crippen LogP) is 1.89. The van der Waals surface area contributed by atoms with E-state index in [0.29, 0.717) is 18.3 Å². The van der Waals surface area contributed by atoms with E-state index in [0.717, 1.165) is 5.69 Å². The second-order valence-electron chi connectivity index (χ2n) is 3.34. The van der Waals surface area contributed by atoms with Gasteiger partial charge in [-0.25, -0.2) is 15.0 Å². The van der Waals surface area contributed by atoms with E-state index in [-0.39, 0.29) is 5.69 Å². The van der Waals surface area contributed by atoms with Crippen LogP contribution in [0.3, 0.4) is 0 Å². The van der Waals surface area contributed by atoms with Gasteiger partial charge in [0.05, 0.1) is 30.9 Å². The number of nitrogens with zero attached hydrogens (tertiary/aromatic N) is 4. The van der Waals surface area contributed by atoms with Crippen molar-refractivity contribution in [2.45, 2.75) is 6.92 Å². The van der Waals surface area contributed by atoms with Gasteiger partial charge >= 0.3 is 0 Å². The largest absolute Gasteiger partial charge is 0.478 e. The Balaban J connectivity index is 2.06.